The molecule has 0 fully saturated rings. The molecule has 1 nitrogen and oxygen atoms in total. The average molecular weight is 292 g/mol. The van der Waals surface area contributed by atoms with Crippen LogP contribution in [0, 0.1) is 5.82 Å². The van der Waals surface area contributed by atoms with Crippen molar-refractivity contribution in [1.82, 2.24) is 0 Å². The number of nitrogen functional groups attached to an aromatic ring is 1. The summed E-state index contributed by atoms with van der Waals surface area (Å²) in [6.07, 6.45) is 0. The van der Waals surface area contributed by atoms with Gasteiger partial charge in [0.25, 0.3) is 0 Å². The van der Waals surface area contributed by atoms with E-state index in [0.717, 1.165) is 10.0 Å². The molecule has 0 unspecified atom stereocenters. The van der Waals surface area contributed by atoms with E-state index in [-0.39, 0.29) is 5.82 Å². The van der Waals surface area contributed by atoms with Crippen LogP contribution in [-0.4, -0.2) is 0 Å². The highest BCUT2D eigenvalue weighted by atomic mass is 79.9. The van der Waals surface area contributed by atoms with Crippen LogP contribution >= 0.6 is 15.9 Å². The summed E-state index contributed by atoms with van der Waals surface area (Å²) in [7, 11) is 0. The molecule has 0 heterocycles. The smallest absolute Gasteiger partial charge is 0.131 e. The Hall–Kier alpha value is -1.61. The zero-order chi connectivity index (χ0) is 12.4. The zero-order valence-corrected chi connectivity index (χ0v) is 10.7. The van der Waals surface area contributed by atoms with Crippen molar-refractivity contribution in [3.8, 4) is 0 Å². The number of halogens is 2. The molecule has 86 valence electrons. The minimum absolute atomic E-state index is 0.298. The molecule has 2 N–H and O–H groups in total. The van der Waals surface area contributed by atoms with Crippen LogP contribution in [0.25, 0.3) is 5.57 Å². The molecule has 0 atom stereocenters. The number of nitrogens with two attached hydrogens (primary N) is 1. The predicted octanol–water partition coefficient (Wildman–Crippen LogP) is 4.23. The maximum atomic E-state index is 13.7. The molecule has 2 rings (SSSR count). The third kappa shape index (κ3) is 2.24. The summed E-state index contributed by atoms with van der Waals surface area (Å²) in [5.74, 6) is -0.298. The Kier molecular flexibility index (Phi) is 3.29. The van der Waals surface area contributed by atoms with Gasteiger partial charge in [-0.1, -0.05) is 46.8 Å². The predicted molar refractivity (Wildman–Crippen MR) is 73.1 cm³/mol. The van der Waals surface area contributed by atoms with E-state index in [1.807, 2.05) is 12.1 Å². The molecule has 0 bridgehead atoms. The van der Waals surface area contributed by atoms with Crippen molar-refractivity contribution in [2.45, 2.75) is 0 Å². The molecule has 0 saturated heterocycles. The van der Waals surface area contributed by atoms with Gasteiger partial charge in [-0.3, -0.25) is 0 Å². The summed E-state index contributed by atoms with van der Waals surface area (Å²) in [6, 6.07) is 12.0. The minimum Gasteiger partial charge on any atom is -0.398 e. The lowest BCUT2D eigenvalue weighted by atomic mass is 9.98. The highest BCUT2D eigenvalue weighted by molar-refractivity contribution is 9.10. The van der Waals surface area contributed by atoms with Crippen LogP contribution in [-0.2, 0) is 0 Å². The summed E-state index contributed by atoms with van der Waals surface area (Å²) in [6.45, 7) is 3.93. The average Bonchev–Trinajstić information content (AvgIpc) is 2.29. The van der Waals surface area contributed by atoms with Gasteiger partial charge in [0.2, 0.25) is 0 Å². The Balaban J connectivity index is 2.56. The summed E-state index contributed by atoms with van der Waals surface area (Å²) in [5.41, 5.74) is 8.25. The van der Waals surface area contributed by atoms with Gasteiger partial charge in [-0.15, -0.1) is 0 Å². The largest absolute Gasteiger partial charge is 0.398 e. The Morgan fingerprint density at radius 3 is 2.47 bits per heavy atom. The number of hydrogen-bond acceptors (Lipinski definition) is 1. The van der Waals surface area contributed by atoms with Crippen molar-refractivity contribution in [1.29, 1.82) is 0 Å². The van der Waals surface area contributed by atoms with Crippen molar-refractivity contribution >= 4 is 27.2 Å². The van der Waals surface area contributed by atoms with Gasteiger partial charge in [0, 0.05) is 21.3 Å². The standard InChI is InChI=1S/C14H11BrFN/c1-9(10-5-2-3-7-12(10)16)14-11(15)6-4-8-13(14)17/h2-8H,1,17H2. The lowest BCUT2D eigenvalue weighted by Gasteiger charge is -2.12. The van der Waals surface area contributed by atoms with Crippen LogP contribution in [0.15, 0.2) is 53.5 Å². The van der Waals surface area contributed by atoms with Crippen LogP contribution in [0.3, 0.4) is 0 Å². The fraction of sp³-hybridized carbons (Fsp3) is 0. The van der Waals surface area contributed by atoms with E-state index in [0.29, 0.717) is 16.8 Å². The Bertz CT molecular complexity index is 558. The third-order valence-corrected chi connectivity index (χ3v) is 3.21. The first-order chi connectivity index (χ1) is 8.11. The van der Waals surface area contributed by atoms with Crippen LogP contribution in [0.2, 0.25) is 0 Å². The molecule has 17 heavy (non-hydrogen) atoms. The molecule has 3 heteroatoms. The van der Waals surface area contributed by atoms with Gasteiger partial charge in [-0.25, -0.2) is 4.39 Å². The van der Waals surface area contributed by atoms with Crippen LogP contribution in [0.1, 0.15) is 11.1 Å². The number of anilines is 1. The first kappa shape index (κ1) is 11.9. The minimum atomic E-state index is -0.298. The fourth-order valence-corrected chi connectivity index (χ4v) is 2.32. The molecule has 0 aliphatic heterocycles. The van der Waals surface area contributed by atoms with Crippen molar-refractivity contribution in [3.05, 3.63) is 70.5 Å². The molecule has 0 aromatic heterocycles. The first-order valence-electron chi connectivity index (χ1n) is 5.09. The number of hydrogen-bond donors (Lipinski definition) is 1. The quantitative estimate of drug-likeness (QED) is 0.823. The van der Waals surface area contributed by atoms with Gasteiger partial charge < -0.3 is 5.73 Å². The lowest BCUT2D eigenvalue weighted by molar-refractivity contribution is 0.624. The summed E-state index contributed by atoms with van der Waals surface area (Å²) in [5, 5.41) is 0. The van der Waals surface area contributed by atoms with E-state index >= 15 is 0 Å². The highest BCUT2D eigenvalue weighted by Gasteiger charge is 2.12. The van der Waals surface area contributed by atoms with Crippen molar-refractivity contribution in [2.75, 3.05) is 5.73 Å². The van der Waals surface area contributed by atoms with Crippen LogP contribution < -0.4 is 5.73 Å². The topological polar surface area (TPSA) is 26.0 Å². The van der Waals surface area contributed by atoms with E-state index in [1.165, 1.54) is 6.07 Å². The van der Waals surface area contributed by atoms with Gasteiger partial charge >= 0.3 is 0 Å². The summed E-state index contributed by atoms with van der Waals surface area (Å²) < 4.78 is 14.5. The molecule has 0 spiro atoms. The second-order valence-electron chi connectivity index (χ2n) is 3.66. The van der Waals surface area contributed by atoms with Gasteiger partial charge in [0.05, 0.1) is 0 Å². The van der Waals surface area contributed by atoms with E-state index in [4.69, 9.17) is 5.73 Å². The van der Waals surface area contributed by atoms with E-state index in [9.17, 15) is 4.39 Å². The second-order valence-corrected chi connectivity index (χ2v) is 4.52. The number of benzene rings is 2. The zero-order valence-electron chi connectivity index (χ0n) is 9.08. The molecular formula is C14H11BrFN. The molecule has 0 aliphatic rings. The maximum Gasteiger partial charge on any atom is 0.131 e. The van der Waals surface area contributed by atoms with Crippen molar-refractivity contribution in [3.63, 3.8) is 0 Å². The Morgan fingerprint density at radius 2 is 1.82 bits per heavy atom. The lowest BCUT2D eigenvalue weighted by Crippen LogP contribution is -1.97. The van der Waals surface area contributed by atoms with Gasteiger partial charge in [-0.2, -0.15) is 0 Å². The van der Waals surface area contributed by atoms with E-state index < -0.39 is 0 Å². The fourth-order valence-electron chi connectivity index (χ4n) is 1.70. The Labute approximate surface area is 108 Å². The van der Waals surface area contributed by atoms with Gasteiger partial charge in [-0.05, 0) is 23.8 Å². The molecule has 0 amide bonds. The molecule has 0 radical (unpaired) electrons. The van der Waals surface area contributed by atoms with Gasteiger partial charge in [0.1, 0.15) is 5.82 Å². The van der Waals surface area contributed by atoms with Crippen LogP contribution in [0.4, 0.5) is 10.1 Å². The summed E-state index contributed by atoms with van der Waals surface area (Å²) >= 11 is 3.41. The maximum absolute atomic E-state index is 13.7. The monoisotopic (exact) mass is 291 g/mol. The molecule has 0 aliphatic carbocycles. The third-order valence-electron chi connectivity index (χ3n) is 2.55. The summed E-state index contributed by atoms with van der Waals surface area (Å²) in [4.78, 5) is 0. The molecule has 0 saturated carbocycles. The number of rotatable bonds is 2. The normalized spacial score (nSPS) is 10.2. The molecule has 2 aromatic carbocycles. The van der Waals surface area contributed by atoms with Gasteiger partial charge in [0.15, 0.2) is 0 Å². The second kappa shape index (κ2) is 4.72. The van der Waals surface area contributed by atoms with Crippen molar-refractivity contribution < 1.29 is 4.39 Å². The highest BCUT2D eigenvalue weighted by Crippen LogP contribution is 2.33. The van der Waals surface area contributed by atoms with Crippen molar-refractivity contribution in [2.24, 2.45) is 0 Å². The molecular weight excluding hydrogens is 281 g/mol. The van der Waals surface area contributed by atoms with Crippen LogP contribution in [0.5, 0.6) is 0 Å². The molecule has 2 aromatic rings. The van der Waals surface area contributed by atoms with E-state index in [1.54, 1.807) is 24.3 Å². The van der Waals surface area contributed by atoms with E-state index in [2.05, 4.69) is 22.5 Å². The SMILES string of the molecule is C=C(c1ccccc1F)c1c(N)cccc1Br. The Morgan fingerprint density at radius 1 is 1.12 bits per heavy atom. The first-order valence-corrected chi connectivity index (χ1v) is 5.88.